The summed E-state index contributed by atoms with van der Waals surface area (Å²) in [6, 6.07) is 0. The van der Waals surface area contributed by atoms with Gasteiger partial charge in [0.1, 0.15) is 18.3 Å². The highest BCUT2D eigenvalue weighted by Crippen LogP contribution is 2.21. The Morgan fingerprint density at radius 1 is 1.43 bits per heavy atom. The minimum Gasteiger partial charge on any atom is -0.387 e. The van der Waals surface area contributed by atoms with Crippen molar-refractivity contribution in [2.75, 3.05) is 20.3 Å². The topological polar surface area (TPSA) is 68.2 Å². The summed E-state index contributed by atoms with van der Waals surface area (Å²) in [6.07, 6.45) is -1.70. The van der Waals surface area contributed by atoms with E-state index in [-0.39, 0.29) is 6.61 Å². The summed E-state index contributed by atoms with van der Waals surface area (Å²) in [5.41, 5.74) is 0. The van der Waals surface area contributed by atoms with E-state index in [9.17, 15) is 10.2 Å². The second kappa shape index (κ2) is 5.43. The van der Waals surface area contributed by atoms with Crippen molar-refractivity contribution in [3.05, 3.63) is 12.7 Å². The quantitative estimate of drug-likeness (QED) is 0.457. The Balaban J connectivity index is 2.36. The molecule has 5 heteroatoms. The molecule has 1 rings (SSSR count). The summed E-state index contributed by atoms with van der Waals surface area (Å²) in [5.74, 6) is 0. The molecular formula is C9H16O5. The highest BCUT2D eigenvalue weighted by atomic mass is 16.7. The molecule has 0 spiro atoms. The first kappa shape index (κ1) is 11.6. The Morgan fingerprint density at radius 2 is 2.14 bits per heavy atom. The smallest absolute Gasteiger partial charge is 0.186 e. The van der Waals surface area contributed by atoms with Gasteiger partial charge in [0.05, 0.1) is 13.2 Å². The number of aliphatic hydroxyl groups is 2. The van der Waals surface area contributed by atoms with Crippen LogP contribution in [0.1, 0.15) is 0 Å². The van der Waals surface area contributed by atoms with Crippen molar-refractivity contribution < 1.29 is 24.4 Å². The van der Waals surface area contributed by atoms with Gasteiger partial charge in [-0.25, -0.2) is 0 Å². The molecule has 1 aliphatic rings. The zero-order valence-electron chi connectivity index (χ0n) is 8.13. The molecule has 0 unspecified atom stereocenters. The molecule has 0 aromatic rings. The van der Waals surface area contributed by atoms with Gasteiger partial charge >= 0.3 is 0 Å². The third-order valence-electron chi connectivity index (χ3n) is 2.07. The predicted molar refractivity (Wildman–Crippen MR) is 48.7 cm³/mol. The monoisotopic (exact) mass is 204 g/mol. The first-order chi connectivity index (χ1) is 6.70. The van der Waals surface area contributed by atoms with E-state index in [0.717, 1.165) is 0 Å². The molecule has 1 heterocycles. The predicted octanol–water partition coefficient (Wildman–Crippen LogP) is -0.718. The van der Waals surface area contributed by atoms with Gasteiger partial charge in [0.15, 0.2) is 6.29 Å². The first-order valence-electron chi connectivity index (χ1n) is 4.43. The fourth-order valence-electron chi connectivity index (χ4n) is 1.31. The van der Waals surface area contributed by atoms with E-state index in [0.29, 0.717) is 6.61 Å². The van der Waals surface area contributed by atoms with Gasteiger partial charge in [-0.15, -0.1) is 6.58 Å². The maximum atomic E-state index is 9.50. The molecule has 5 nitrogen and oxygen atoms in total. The fourth-order valence-corrected chi connectivity index (χ4v) is 1.31. The van der Waals surface area contributed by atoms with Gasteiger partial charge in [0, 0.05) is 7.11 Å². The van der Waals surface area contributed by atoms with Crippen molar-refractivity contribution in [1.82, 2.24) is 0 Å². The molecule has 0 bridgehead atoms. The van der Waals surface area contributed by atoms with Crippen molar-refractivity contribution >= 4 is 0 Å². The van der Waals surface area contributed by atoms with Crippen LogP contribution in [-0.2, 0) is 14.2 Å². The second-order valence-corrected chi connectivity index (χ2v) is 3.09. The summed E-state index contributed by atoms with van der Waals surface area (Å²) in [5, 5.41) is 18.9. The lowest BCUT2D eigenvalue weighted by Crippen LogP contribution is -2.34. The molecule has 4 atom stereocenters. The lowest BCUT2D eigenvalue weighted by Gasteiger charge is -2.13. The molecule has 1 aliphatic heterocycles. The van der Waals surface area contributed by atoms with E-state index < -0.39 is 24.6 Å². The highest BCUT2D eigenvalue weighted by Gasteiger charge is 2.42. The van der Waals surface area contributed by atoms with Gasteiger partial charge in [-0.1, -0.05) is 6.08 Å². The van der Waals surface area contributed by atoms with Crippen molar-refractivity contribution in [2.24, 2.45) is 0 Å². The molecule has 0 aromatic carbocycles. The second-order valence-electron chi connectivity index (χ2n) is 3.09. The van der Waals surface area contributed by atoms with Crippen LogP contribution in [0.25, 0.3) is 0 Å². The molecule has 0 amide bonds. The standard InChI is InChI=1S/C9H16O5/c1-3-4-13-5-6-7(10)8(11)9(12-2)14-6/h3,6-11H,1,4-5H2,2H3/t6-,7-,8-,9+/m1/s1. The van der Waals surface area contributed by atoms with Crippen molar-refractivity contribution in [2.45, 2.75) is 24.6 Å². The van der Waals surface area contributed by atoms with Gasteiger partial charge in [-0.2, -0.15) is 0 Å². The molecule has 0 radical (unpaired) electrons. The van der Waals surface area contributed by atoms with E-state index in [1.807, 2.05) is 0 Å². The van der Waals surface area contributed by atoms with Gasteiger partial charge in [-0.05, 0) is 0 Å². The van der Waals surface area contributed by atoms with Crippen molar-refractivity contribution in [1.29, 1.82) is 0 Å². The average molecular weight is 204 g/mol. The Morgan fingerprint density at radius 3 is 2.64 bits per heavy atom. The normalized spacial score (nSPS) is 37.4. The van der Waals surface area contributed by atoms with Gasteiger partial charge in [0.2, 0.25) is 0 Å². The van der Waals surface area contributed by atoms with Crippen molar-refractivity contribution in [3.63, 3.8) is 0 Å². The SMILES string of the molecule is C=CCOC[C@H]1O[C@H](OC)[C@H](O)[C@@H]1O. The third-order valence-corrected chi connectivity index (χ3v) is 2.07. The summed E-state index contributed by atoms with van der Waals surface area (Å²) >= 11 is 0. The molecule has 0 aliphatic carbocycles. The molecule has 0 aromatic heterocycles. The zero-order valence-corrected chi connectivity index (χ0v) is 8.13. The van der Waals surface area contributed by atoms with Crippen LogP contribution >= 0.6 is 0 Å². The summed E-state index contributed by atoms with van der Waals surface area (Å²) in [4.78, 5) is 0. The third kappa shape index (κ3) is 2.52. The fraction of sp³-hybridized carbons (Fsp3) is 0.778. The Labute approximate surface area is 82.9 Å². The molecule has 2 N–H and O–H groups in total. The van der Waals surface area contributed by atoms with Crippen LogP contribution in [0, 0.1) is 0 Å². The number of rotatable bonds is 5. The van der Waals surface area contributed by atoms with Crippen LogP contribution in [0.2, 0.25) is 0 Å². The van der Waals surface area contributed by atoms with Crippen LogP contribution in [-0.4, -0.2) is 55.1 Å². The lowest BCUT2D eigenvalue weighted by molar-refractivity contribution is -0.155. The molecule has 14 heavy (non-hydrogen) atoms. The maximum Gasteiger partial charge on any atom is 0.186 e. The minimum absolute atomic E-state index is 0.212. The summed E-state index contributed by atoms with van der Waals surface area (Å²) in [7, 11) is 1.41. The summed E-state index contributed by atoms with van der Waals surface area (Å²) in [6.45, 7) is 4.09. The average Bonchev–Trinajstić information content (AvgIpc) is 2.46. The van der Waals surface area contributed by atoms with E-state index in [1.54, 1.807) is 6.08 Å². The number of ether oxygens (including phenoxy) is 3. The Hall–Kier alpha value is -0.460. The van der Waals surface area contributed by atoms with Crippen molar-refractivity contribution in [3.8, 4) is 0 Å². The number of methoxy groups -OCH3 is 1. The first-order valence-corrected chi connectivity index (χ1v) is 4.43. The van der Waals surface area contributed by atoms with E-state index in [1.165, 1.54) is 7.11 Å². The van der Waals surface area contributed by atoms with E-state index in [4.69, 9.17) is 14.2 Å². The van der Waals surface area contributed by atoms with E-state index >= 15 is 0 Å². The Kier molecular flexibility index (Phi) is 4.50. The largest absolute Gasteiger partial charge is 0.387 e. The van der Waals surface area contributed by atoms with Crippen LogP contribution in [0.3, 0.4) is 0 Å². The lowest BCUT2D eigenvalue weighted by atomic mass is 10.1. The molecule has 0 saturated carbocycles. The van der Waals surface area contributed by atoms with E-state index in [2.05, 4.69) is 6.58 Å². The van der Waals surface area contributed by atoms with Crippen LogP contribution in [0.5, 0.6) is 0 Å². The number of aliphatic hydroxyl groups excluding tert-OH is 2. The highest BCUT2D eigenvalue weighted by molar-refractivity contribution is 4.86. The minimum atomic E-state index is -1.02. The number of hydrogen-bond acceptors (Lipinski definition) is 5. The maximum absolute atomic E-state index is 9.50. The van der Waals surface area contributed by atoms with Gasteiger partial charge < -0.3 is 24.4 Å². The molecule has 1 fully saturated rings. The zero-order chi connectivity index (χ0) is 10.6. The van der Waals surface area contributed by atoms with Gasteiger partial charge in [-0.3, -0.25) is 0 Å². The summed E-state index contributed by atoms with van der Waals surface area (Å²) < 4.78 is 15.1. The molecule has 1 saturated heterocycles. The molecule has 82 valence electrons. The van der Waals surface area contributed by atoms with Crippen LogP contribution in [0.15, 0.2) is 12.7 Å². The Bertz CT molecular complexity index is 184. The number of hydrogen-bond donors (Lipinski definition) is 2. The molecular weight excluding hydrogens is 188 g/mol. The van der Waals surface area contributed by atoms with Gasteiger partial charge in [0.25, 0.3) is 0 Å². The van der Waals surface area contributed by atoms with Crippen LogP contribution in [0.4, 0.5) is 0 Å². The van der Waals surface area contributed by atoms with Crippen LogP contribution < -0.4 is 0 Å².